The van der Waals surface area contributed by atoms with Gasteiger partial charge in [0.25, 0.3) is 11.8 Å². The molecule has 0 fully saturated rings. The number of hydrogen-bond donors (Lipinski definition) is 1. The Hall–Kier alpha value is -4.46. The molecule has 2 amide bonds. The summed E-state index contributed by atoms with van der Waals surface area (Å²) in [5, 5.41) is 2.74. The monoisotopic (exact) mass is 472 g/mol. The fourth-order valence-corrected chi connectivity index (χ4v) is 3.60. The number of carbonyl (C=O) groups excluding carboxylic acids is 2. The molecule has 0 aliphatic heterocycles. The highest BCUT2D eigenvalue weighted by Gasteiger charge is 2.34. The summed E-state index contributed by atoms with van der Waals surface area (Å²) in [5.74, 6) is -2.07. The van der Waals surface area contributed by atoms with Crippen LogP contribution in [0.15, 0.2) is 85.3 Å². The van der Waals surface area contributed by atoms with Gasteiger partial charge in [-0.25, -0.2) is 13.8 Å². The molecule has 0 unspecified atom stereocenters. The van der Waals surface area contributed by atoms with Gasteiger partial charge in [-0.3, -0.25) is 19.5 Å². The average molecular weight is 472 g/mol. The number of hydrogen-bond acceptors (Lipinski definition) is 4. The van der Waals surface area contributed by atoms with Crippen LogP contribution in [-0.2, 0) is 4.79 Å². The lowest BCUT2D eigenvalue weighted by atomic mass is 10.0. The molecule has 0 saturated carbocycles. The lowest BCUT2D eigenvalue weighted by Crippen LogP contribution is -2.42. The van der Waals surface area contributed by atoms with Crippen molar-refractivity contribution in [3.63, 3.8) is 0 Å². The van der Waals surface area contributed by atoms with E-state index < -0.39 is 29.5 Å². The zero-order valence-corrected chi connectivity index (χ0v) is 19.1. The molecule has 0 spiro atoms. The van der Waals surface area contributed by atoms with Gasteiger partial charge in [0.05, 0.1) is 6.20 Å². The zero-order valence-electron chi connectivity index (χ0n) is 19.1. The van der Waals surface area contributed by atoms with E-state index in [0.717, 1.165) is 11.1 Å². The van der Waals surface area contributed by atoms with Crippen LogP contribution >= 0.6 is 0 Å². The lowest BCUT2D eigenvalue weighted by Gasteiger charge is -2.31. The van der Waals surface area contributed by atoms with Crippen LogP contribution in [0, 0.1) is 25.5 Å². The summed E-state index contributed by atoms with van der Waals surface area (Å²) in [6.07, 6.45) is 4.14. The summed E-state index contributed by atoms with van der Waals surface area (Å²) in [7, 11) is 0. The van der Waals surface area contributed by atoms with Gasteiger partial charge in [-0.2, -0.15) is 0 Å². The van der Waals surface area contributed by atoms with E-state index in [1.807, 2.05) is 19.9 Å². The number of aryl methyl sites for hydroxylation is 2. The molecule has 4 rings (SSSR count). The van der Waals surface area contributed by atoms with E-state index in [2.05, 4.69) is 15.3 Å². The van der Waals surface area contributed by atoms with Gasteiger partial charge in [0.15, 0.2) is 0 Å². The molecule has 0 bridgehead atoms. The van der Waals surface area contributed by atoms with Gasteiger partial charge in [-0.15, -0.1) is 0 Å². The van der Waals surface area contributed by atoms with Crippen LogP contribution in [0.2, 0.25) is 0 Å². The maximum absolute atomic E-state index is 13.7. The lowest BCUT2D eigenvalue weighted by molar-refractivity contribution is -0.117. The van der Waals surface area contributed by atoms with Crippen molar-refractivity contribution >= 4 is 23.2 Å². The number of carbonyl (C=O) groups is 2. The maximum Gasteiger partial charge on any atom is 0.279 e. The number of nitrogens with zero attached hydrogens (tertiary/aromatic N) is 3. The minimum absolute atomic E-state index is 0.0346. The fourth-order valence-electron chi connectivity index (χ4n) is 3.60. The SMILES string of the molecule is Cc1ccc(N(C(=O)c2cnccn2)[C@H](C(=O)Nc2ccc(F)cc2)c2ccc(F)cc2)cc1C. The molecular formula is C27H22F2N4O2. The van der Waals surface area contributed by atoms with Gasteiger partial charge in [0.1, 0.15) is 23.4 Å². The van der Waals surface area contributed by atoms with E-state index in [9.17, 15) is 18.4 Å². The third-order valence-electron chi connectivity index (χ3n) is 5.57. The summed E-state index contributed by atoms with van der Waals surface area (Å²) in [6.45, 7) is 3.84. The topological polar surface area (TPSA) is 75.2 Å². The van der Waals surface area contributed by atoms with E-state index in [-0.39, 0.29) is 5.69 Å². The first-order chi connectivity index (χ1) is 16.8. The van der Waals surface area contributed by atoms with Crippen molar-refractivity contribution in [2.45, 2.75) is 19.9 Å². The normalized spacial score (nSPS) is 11.5. The van der Waals surface area contributed by atoms with Crippen molar-refractivity contribution in [2.24, 2.45) is 0 Å². The minimum atomic E-state index is -1.20. The molecule has 0 saturated heterocycles. The first-order valence-corrected chi connectivity index (χ1v) is 10.8. The molecule has 6 nitrogen and oxygen atoms in total. The van der Waals surface area contributed by atoms with Gasteiger partial charge in [0.2, 0.25) is 0 Å². The number of nitrogens with one attached hydrogen (secondary N) is 1. The summed E-state index contributed by atoms with van der Waals surface area (Å²) in [4.78, 5) is 36.8. The van der Waals surface area contributed by atoms with Crippen molar-refractivity contribution < 1.29 is 18.4 Å². The molecule has 8 heteroatoms. The zero-order chi connectivity index (χ0) is 24.9. The molecule has 1 N–H and O–H groups in total. The number of aromatic nitrogens is 2. The van der Waals surface area contributed by atoms with Crippen LogP contribution in [0.25, 0.3) is 0 Å². The van der Waals surface area contributed by atoms with Crippen molar-refractivity contribution in [3.8, 4) is 0 Å². The van der Waals surface area contributed by atoms with E-state index in [1.54, 1.807) is 12.1 Å². The molecule has 0 aliphatic carbocycles. The molecule has 176 valence electrons. The highest BCUT2D eigenvalue weighted by atomic mass is 19.1. The summed E-state index contributed by atoms with van der Waals surface area (Å²) < 4.78 is 27.1. The predicted octanol–water partition coefficient (Wildman–Crippen LogP) is 5.40. The van der Waals surface area contributed by atoms with Crippen LogP contribution in [0.5, 0.6) is 0 Å². The quantitative estimate of drug-likeness (QED) is 0.408. The summed E-state index contributed by atoms with van der Waals surface area (Å²) in [5.41, 5.74) is 3.13. The minimum Gasteiger partial charge on any atom is -0.324 e. The third kappa shape index (κ3) is 5.38. The predicted molar refractivity (Wildman–Crippen MR) is 129 cm³/mol. The summed E-state index contributed by atoms with van der Waals surface area (Å²) in [6, 6.07) is 14.8. The van der Waals surface area contributed by atoms with Crippen LogP contribution in [0.1, 0.15) is 33.2 Å². The first kappa shape index (κ1) is 23.7. The molecule has 0 radical (unpaired) electrons. The van der Waals surface area contributed by atoms with Crippen molar-refractivity contribution in [1.82, 2.24) is 9.97 Å². The Bertz CT molecular complexity index is 1340. The van der Waals surface area contributed by atoms with Crippen molar-refractivity contribution in [1.29, 1.82) is 0 Å². The van der Waals surface area contributed by atoms with Gasteiger partial charge < -0.3 is 5.32 Å². The third-order valence-corrected chi connectivity index (χ3v) is 5.57. The molecule has 0 aliphatic rings. The average Bonchev–Trinajstić information content (AvgIpc) is 2.86. The molecule has 1 heterocycles. The number of benzene rings is 3. The van der Waals surface area contributed by atoms with E-state index in [4.69, 9.17) is 0 Å². The summed E-state index contributed by atoms with van der Waals surface area (Å²) >= 11 is 0. The Morgan fingerprint density at radius 1 is 0.857 bits per heavy atom. The number of amides is 2. The number of halogens is 2. The molecule has 1 aromatic heterocycles. The highest BCUT2D eigenvalue weighted by Crippen LogP contribution is 2.32. The van der Waals surface area contributed by atoms with E-state index in [0.29, 0.717) is 16.9 Å². The number of rotatable bonds is 6. The Balaban J connectivity index is 1.86. The Labute approximate surface area is 201 Å². The fraction of sp³-hybridized carbons (Fsp3) is 0.111. The van der Waals surface area contributed by atoms with E-state index >= 15 is 0 Å². The first-order valence-electron chi connectivity index (χ1n) is 10.8. The van der Waals surface area contributed by atoms with Crippen molar-refractivity contribution in [2.75, 3.05) is 10.2 Å². The van der Waals surface area contributed by atoms with Crippen LogP contribution < -0.4 is 10.2 Å². The van der Waals surface area contributed by atoms with Gasteiger partial charge >= 0.3 is 0 Å². The Morgan fingerprint density at radius 2 is 1.51 bits per heavy atom. The second-order valence-corrected chi connectivity index (χ2v) is 7.98. The smallest absolute Gasteiger partial charge is 0.279 e. The second kappa shape index (κ2) is 10.2. The molecule has 3 aromatic carbocycles. The second-order valence-electron chi connectivity index (χ2n) is 7.98. The van der Waals surface area contributed by atoms with Gasteiger partial charge in [-0.05, 0) is 79.1 Å². The van der Waals surface area contributed by atoms with Crippen LogP contribution in [-0.4, -0.2) is 21.8 Å². The molecule has 4 aromatic rings. The van der Waals surface area contributed by atoms with Crippen LogP contribution in [0.3, 0.4) is 0 Å². The van der Waals surface area contributed by atoms with Gasteiger partial charge in [0, 0.05) is 23.8 Å². The highest BCUT2D eigenvalue weighted by molar-refractivity contribution is 6.11. The van der Waals surface area contributed by atoms with Gasteiger partial charge in [-0.1, -0.05) is 18.2 Å². The van der Waals surface area contributed by atoms with E-state index in [1.165, 1.54) is 72.0 Å². The number of anilines is 2. The van der Waals surface area contributed by atoms with Crippen molar-refractivity contribution in [3.05, 3.63) is 119 Å². The van der Waals surface area contributed by atoms with Crippen LogP contribution in [0.4, 0.5) is 20.2 Å². The Morgan fingerprint density at radius 3 is 2.11 bits per heavy atom. The maximum atomic E-state index is 13.7. The Kier molecular flexibility index (Phi) is 6.91. The molecular weight excluding hydrogens is 450 g/mol. The largest absolute Gasteiger partial charge is 0.324 e. The standard InChI is InChI=1S/C27H22F2N4O2/c1-17-3-12-23(15-18(17)2)33(27(35)24-16-30-13-14-31-24)25(19-4-6-20(28)7-5-19)26(34)32-22-10-8-21(29)9-11-22/h3-16,25H,1-2H3,(H,32,34)/t25-/m0/s1. The molecule has 1 atom stereocenters. The molecule has 35 heavy (non-hydrogen) atoms.